The summed E-state index contributed by atoms with van der Waals surface area (Å²) in [5.74, 6) is 0. The lowest BCUT2D eigenvalue weighted by Gasteiger charge is -2.27. The van der Waals surface area contributed by atoms with Crippen molar-refractivity contribution in [3.63, 3.8) is 0 Å². The van der Waals surface area contributed by atoms with Crippen molar-refractivity contribution in [3.05, 3.63) is 35.9 Å². The van der Waals surface area contributed by atoms with Gasteiger partial charge in [-0.25, -0.2) is 0 Å². The molecule has 0 spiro atoms. The average molecular weight is 261 g/mol. The van der Waals surface area contributed by atoms with Crippen molar-refractivity contribution in [1.82, 2.24) is 5.32 Å². The summed E-state index contributed by atoms with van der Waals surface area (Å²) in [4.78, 5) is 0. The maximum Gasteiger partial charge on any atom is 0.0707 e. The zero-order valence-corrected chi connectivity index (χ0v) is 12.7. The van der Waals surface area contributed by atoms with Crippen molar-refractivity contribution in [1.29, 1.82) is 0 Å². The molecular weight excluding hydrogens is 234 g/mol. The standard InChI is InChI=1S/C17H27NO/c1-16(2,14-8-6-5-7-9-14)13-18-12-15-10-11-17(3,4)19-15/h5-9,15,18H,10-13H2,1-4H3. The molecular formula is C17H27NO. The van der Waals surface area contributed by atoms with Gasteiger partial charge in [0, 0.05) is 18.5 Å². The van der Waals surface area contributed by atoms with E-state index in [2.05, 4.69) is 63.3 Å². The molecule has 0 aliphatic carbocycles. The van der Waals surface area contributed by atoms with E-state index in [1.807, 2.05) is 0 Å². The Balaban J connectivity index is 1.80. The van der Waals surface area contributed by atoms with Gasteiger partial charge < -0.3 is 10.1 Å². The van der Waals surface area contributed by atoms with E-state index in [-0.39, 0.29) is 11.0 Å². The van der Waals surface area contributed by atoms with Crippen LogP contribution < -0.4 is 5.32 Å². The summed E-state index contributed by atoms with van der Waals surface area (Å²) in [5.41, 5.74) is 1.62. The Labute approximate surface area is 117 Å². The largest absolute Gasteiger partial charge is 0.371 e. The summed E-state index contributed by atoms with van der Waals surface area (Å²) < 4.78 is 6.01. The number of hydrogen-bond acceptors (Lipinski definition) is 2. The summed E-state index contributed by atoms with van der Waals surface area (Å²) in [6.07, 6.45) is 2.72. The fraction of sp³-hybridized carbons (Fsp3) is 0.647. The minimum absolute atomic E-state index is 0.0707. The van der Waals surface area contributed by atoms with Crippen LogP contribution in [0, 0.1) is 0 Å². The Morgan fingerprint density at radius 2 is 1.95 bits per heavy atom. The zero-order chi connectivity index (χ0) is 13.9. The molecule has 2 nitrogen and oxygen atoms in total. The first-order valence-corrected chi connectivity index (χ1v) is 7.33. The van der Waals surface area contributed by atoms with Crippen LogP contribution in [0.5, 0.6) is 0 Å². The second kappa shape index (κ2) is 5.64. The molecule has 1 atom stereocenters. The molecule has 1 saturated heterocycles. The van der Waals surface area contributed by atoms with E-state index in [1.54, 1.807) is 0 Å². The molecule has 19 heavy (non-hydrogen) atoms. The number of rotatable bonds is 5. The van der Waals surface area contributed by atoms with Crippen LogP contribution in [0.1, 0.15) is 46.1 Å². The second-order valence-electron chi connectivity index (χ2n) is 6.92. The molecule has 0 bridgehead atoms. The first-order valence-electron chi connectivity index (χ1n) is 7.33. The molecule has 0 amide bonds. The van der Waals surface area contributed by atoms with Gasteiger partial charge in [-0.2, -0.15) is 0 Å². The van der Waals surface area contributed by atoms with Gasteiger partial charge in [-0.15, -0.1) is 0 Å². The predicted molar refractivity (Wildman–Crippen MR) is 80.5 cm³/mol. The summed E-state index contributed by atoms with van der Waals surface area (Å²) in [6, 6.07) is 10.7. The smallest absolute Gasteiger partial charge is 0.0707 e. The summed E-state index contributed by atoms with van der Waals surface area (Å²) in [7, 11) is 0. The van der Waals surface area contributed by atoms with Crippen LogP contribution >= 0.6 is 0 Å². The molecule has 2 heteroatoms. The SMILES string of the molecule is CC1(C)CCC(CNCC(C)(C)c2ccccc2)O1. The lowest BCUT2D eigenvalue weighted by molar-refractivity contribution is -0.0144. The van der Waals surface area contributed by atoms with Crippen molar-refractivity contribution in [2.24, 2.45) is 0 Å². The van der Waals surface area contributed by atoms with Gasteiger partial charge >= 0.3 is 0 Å². The Morgan fingerprint density at radius 1 is 1.26 bits per heavy atom. The van der Waals surface area contributed by atoms with E-state index in [9.17, 15) is 0 Å². The van der Waals surface area contributed by atoms with E-state index in [0.717, 1.165) is 13.1 Å². The molecule has 2 rings (SSSR count). The molecule has 0 aromatic heterocycles. The lowest BCUT2D eigenvalue weighted by atomic mass is 9.84. The van der Waals surface area contributed by atoms with Gasteiger partial charge in [-0.3, -0.25) is 0 Å². The van der Waals surface area contributed by atoms with Crippen molar-refractivity contribution < 1.29 is 4.74 Å². The Hall–Kier alpha value is -0.860. The molecule has 1 aromatic rings. The molecule has 106 valence electrons. The fourth-order valence-electron chi connectivity index (χ4n) is 2.76. The van der Waals surface area contributed by atoms with Crippen molar-refractivity contribution in [2.75, 3.05) is 13.1 Å². The van der Waals surface area contributed by atoms with Gasteiger partial charge in [0.05, 0.1) is 11.7 Å². The predicted octanol–water partition coefficient (Wildman–Crippen LogP) is 3.51. The molecule has 1 heterocycles. The monoisotopic (exact) mass is 261 g/mol. The number of ether oxygens (including phenoxy) is 1. The molecule has 0 radical (unpaired) electrons. The number of nitrogens with one attached hydrogen (secondary N) is 1. The first kappa shape index (κ1) is 14.5. The van der Waals surface area contributed by atoms with Gasteiger partial charge in [-0.05, 0) is 32.3 Å². The maximum atomic E-state index is 6.01. The van der Waals surface area contributed by atoms with E-state index in [0.29, 0.717) is 6.10 Å². The lowest BCUT2D eigenvalue weighted by Crippen LogP contribution is -2.37. The third-order valence-electron chi connectivity index (χ3n) is 4.05. The Kier molecular flexibility index (Phi) is 4.32. The zero-order valence-electron chi connectivity index (χ0n) is 12.7. The van der Waals surface area contributed by atoms with E-state index < -0.39 is 0 Å². The molecule has 1 N–H and O–H groups in total. The van der Waals surface area contributed by atoms with Gasteiger partial charge in [-0.1, -0.05) is 44.2 Å². The first-order chi connectivity index (χ1) is 8.89. The fourth-order valence-corrected chi connectivity index (χ4v) is 2.76. The van der Waals surface area contributed by atoms with Crippen LogP contribution in [0.3, 0.4) is 0 Å². The molecule has 1 aliphatic heterocycles. The van der Waals surface area contributed by atoms with Crippen molar-refractivity contribution in [3.8, 4) is 0 Å². The quantitative estimate of drug-likeness (QED) is 0.875. The summed E-state index contributed by atoms with van der Waals surface area (Å²) in [6.45, 7) is 10.9. The summed E-state index contributed by atoms with van der Waals surface area (Å²) >= 11 is 0. The van der Waals surface area contributed by atoms with Crippen LogP contribution in [-0.2, 0) is 10.2 Å². The van der Waals surface area contributed by atoms with Crippen LogP contribution in [0.15, 0.2) is 30.3 Å². The number of hydrogen-bond donors (Lipinski definition) is 1. The number of benzene rings is 1. The highest BCUT2D eigenvalue weighted by molar-refractivity contribution is 5.23. The van der Waals surface area contributed by atoms with Crippen LogP contribution in [0.4, 0.5) is 0 Å². The Bertz CT molecular complexity index is 397. The van der Waals surface area contributed by atoms with Crippen LogP contribution in [-0.4, -0.2) is 24.8 Å². The van der Waals surface area contributed by atoms with Gasteiger partial charge in [0.1, 0.15) is 0 Å². The highest BCUT2D eigenvalue weighted by atomic mass is 16.5. The van der Waals surface area contributed by atoms with Crippen LogP contribution in [0.25, 0.3) is 0 Å². The van der Waals surface area contributed by atoms with Gasteiger partial charge in [0.2, 0.25) is 0 Å². The topological polar surface area (TPSA) is 21.3 Å². The Morgan fingerprint density at radius 3 is 2.53 bits per heavy atom. The molecule has 1 fully saturated rings. The minimum atomic E-state index is 0.0707. The second-order valence-corrected chi connectivity index (χ2v) is 6.92. The minimum Gasteiger partial charge on any atom is -0.371 e. The highest BCUT2D eigenvalue weighted by Crippen LogP contribution is 2.29. The van der Waals surface area contributed by atoms with Crippen LogP contribution in [0.2, 0.25) is 0 Å². The average Bonchev–Trinajstić information content (AvgIpc) is 2.70. The summed E-state index contributed by atoms with van der Waals surface area (Å²) in [5, 5.41) is 3.58. The van der Waals surface area contributed by atoms with Gasteiger partial charge in [0.25, 0.3) is 0 Å². The van der Waals surface area contributed by atoms with Gasteiger partial charge in [0.15, 0.2) is 0 Å². The molecule has 0 saturated carbocycles. The normalized spacial score (nSPS) is 22.6. The molecule has 1 aromatic carbocycles. The van der Waals surface area contributed by atoms with E-state index in [4.69, 9.17) is 4.74 Å². The van der Waals surface area contributed by atoms with Crippen molar-refractivity contribution >= 4 is 0 Å². The maximum absolute atomic E-state index is 6.01. The van der Waals surface area contributed by atoms with E-state index >= 15 is 0 Å². The third kappa shape index (κ3) is 4.05. The van der Waals surface area contributed by atoms with Crippen molar-refractivity contribution in [2.45, 2.75) is 57.7 Å². The van der Waals surface area contributed by atoms with E-state index in [1.165, 1.54) is 18.4 Å². The molecule has 1 unspecified atom stereocenters. The highest BCUT2D eigenvalue weighted by Gasteiger charge is 2.31. The molecule has 1 aliphatic rings. The third-order valence-corrected chi connectivity index (χ3v) is 4.05.